The number of hydrogen-bond donors (Lipinski definition) is 0. The molecule has 0 fully saturated rings. The maximum Gasteiger partial charge on any atom is 0.150 e. The number of aryl methyl sites for hydroxylation is 1. The largest absolute Gasteiger partial charge is 0.494 e. The van der Waals surface area contributed by atoms with Crippen molar-refractivity contribution in [2.45, 2.75) is 13.8 Å². The van der Waals surface area contributed by atoms with Crippen molar-refractivity contribution in [3.8, 4) is 16.9 Å². The van der Waals surface area contributed by atoms with Crippen LogP contribution in [-0.4, -0.2) is 12.9 Å². The summed E-state index contributed by atoms with van der Waals surface area (Å²) in [5.41, 5.74) is 4.02. The maximum absolute atomic E-state index is 10.8. The Hall–Kier alpha value is -2.09. The Balaban J connectivity index is 2.40. The van der Waals surface area contributed by atoms with Gasteiger partial charge in [0.05, 0.1) is 6.61 Å². The monoisotopic (exact) mass is 240 g/mol. The highest BCUT2D eigenvalue weighted by Crippen LogP contribution is 2.27. The van der Waals surface area contributed by atoms with Gasteiger partial charge in [0.15, 0.2) is 0 Å². The lowest BCUT2D eigenvalue weighted by Crippen LogP contribution is -1.93. The molecule has 0 N–H and O–H groups in total. The Morgan fingerprint density at radius 2 is 2.00 bits per heavy atom. The van der Waals surface area contributed by atoms with Crippen molar-refractivity contribution in [2.24, 2.45) is 0 Å². The van der Waals surface area contributed by atoms with Gasteiger partial charge >= 0.3 is 0 Å². The summed E-state index contributed by atoms with van der Waals surface area (Å²) < 4.78 is 5.47. The van der Waals surface area contributed by atoms with Crippen molar-refractivity contribution < 1.29 is 9.53 Å². The Bertz CT molecular complexity index is 559. The standard InChI is InChI=1S/C16H16O2/c1-3-18-15-7-8-16(12(2)9-15)14-6-4-5-13(10-14)11-17/h4-11H,3H2,1-2H3. The summed E-state index contributed by atoms with van der Waals surface area (Å²) in [5, 5.41) is 0. The van der Waals surface area contributed by atoms with Gasteiger partial charge in [0, 0.05) is 5.56 Å². The molecule has 0 atom stereocenters. The third-order valence-corrected chi connectivity index (χ3v) is 2.84. The molecule has 0 radical (unpaired) electrons. The molecule has 2 aromatic carbocycles. The molecule has 0 aliphatic heterocycles. The van der Waals surface area contributed by atoms with Gasteiger partial charge in [-0.1, -0.05) is 24.3 Å². The summed E-state index contributed by atoms with van der Waals surface area (Å²) in [6.45, 7) is 4.68. The normalized spacial score (nSPS) is 10.1. The molecule has 0 bridgehead atoms. The number of ether oxygens (including phenoxy) is 1. The molecule has 0 unspecified atom stereocenters. The summed E-state index contributed by atoms with van der Waals surface area (Å²) in [7, 11) is 0. The third-order valence-electron chi connectivity index (χ3n) is 2.84. The average molecular weight is 240 g/mol. The van der Waals surface area contributed by atoms with Crippen LogP contribution in [0.4, 0.5) is 0 Å². The fraction of sp³-hybridized carbons (Fsp3) is 0.188. The summed E-state index contributed by atoms with van der Waals surface area (Å²) in [5.74, 6) is 0.880. The summed E-state index contributed by atoms with van der Waals surface area (Å²) in [6.07, 6.45) is 0.868. The van der Waals surface area contributed by atoms with Crippen LogP contribution in [0, 0.1) is 6.92 Å². The van der Waals surface area contributed by atoms with Crippen LogP contribution in [0.15, 0.2) is 42.5 Å². The van der Waals surface area contributed by atoms with Crippen LogP contribution >= 0.6 is 0 Å². The van der Waals surface area contributed by atoms with E-state index in [2.05, 4.69) is 0 Å². The fourth-order valence-electron chi connectivity index (χ4n) is 2.00. The lowest BCUT2D eigenvalue weighted by atomic mass is 9.99. The summed E-state index contributed by atoms with van der Waals surface area (Å²) in [4.78, 5) is 10.8. The molecule has 0 heterocycles. The molecular formula is C16H16O2. The zero-order valence-corrected chi connectivity index (χ0v) is 10.6. The van der Waals surface area contributed by atoms with E-state index in [4.69, 9.17) is 4.74 Å². The van der Waals surface area contributed by atoms with Gasteiger partial charge in [-0.05, 0) is 48.7 Å². The molecule has 2 rings (SSSR count). The van der Waals surface area contributed by atoms with Crippen molar-refractivity contribution >= 4 is 6.29 Å². The smallest absolute Gasteiger partial charge is 0.150 e. The number of hydrogen-bond acceptors (Lipinski definition) is 2. The molecule has 0 amide bonds. The van der Waals surface area contributed by atoms with Gasteiger partial charge in [-0.25, -0.2) is 0 Å². The molecule has 0 aliphatic carbocycles. The molecule has 2 nitrogen and oxygen atoms in total. The van der Waals surface area contributed by atoms with E-state index < -0.39 is 0 Å². The second-order valence-electron chi connectivity index (χ2n) is 4.15. The zero-order chi connectivity index (χ0) is 13.0. The van der Waals surface area contributed by atoms with E-state index in [-0.39, 0.29) is 0 Å². The Morgan fingerprint density at radius 1 is 1.17 bits per heavy atom. The van der Waals surface area contributed by atoms with Crippen LogP contribution in [0.3, 0.4) is 0 Å². The molecule has 0 saturated heterocycles. The van der Waals surface area contributed by atoms with E-state index in [9.17, 15) is 4.79 Å². The minimum Gasteiger partial charge on any atom is -0.494 e. The first kappa shape index (κ1) is 12.4. The summed E-state index contributed by atoms with van der Waals surface area (Å²) in [6, 6.07) is 13.6. The first-order chi connectivity index (χ1) is 8.74. The van der Waals surface area contributed by atoms with Gasteiger partial charge in [0.1, 0.15) is 12.0 Å². The van der Waals surface area contributed by atoms with E-state index in [1.54, 1.807) is 6.07 Å². The molecule has 18 heavy (non-hydrogen) atoms. The van der Waals surface area contributed by atoms with Gasteiger partial charge in [-0.15, -0.1) is 0 Å². The topological polar surface area (TPSA) is 26.3 Å². The third kappa shape index (κ3) is 2.59. The molecule has 2 aromatic rings. The minimum atomic E-state index is 0.666. The number of carbonyl (C=O) groups is 1. The Labute approximate surface area is 107 Å². The molecule has 0 aliphatic rings. The van der Waals surface area contributed by atoms with Crippen molar-refractivity contribution in [2.75, 3.05) is 6.61 Å². The predicted molar refractivity (Wildman–Crippen MR) is 73.2 cm³/mol. The lowest BCUT2D eigenvalue weighted by molar-refractivity contribution is 0.112. The van der Waals surface area contributed by atoms with Gasteiger partial charge in [-0.2, -0.15) is 0 Å². The van der Waals surface area contributed by atoms with Crippen LogP contribution in [0.1, 0.15) is 22.8 Å². The molecule has 0 aromatic heterocycles. The minimum absolute atomic E-state index is 0.666. The second kappa shape index (κ2) is 5.50. The molecule has 2 heteroatoms. The van der Waals surface area contributed by atoms with Crippen molar-refractivity contribution in [1.82, 2.24) is 0 Å². The SMILES string of the molecule is CCOc1ccc(-c2cccc(C=O)c2)c(C)c1. The first-order valence-corrected chi connectivity index (χ1v) is 6.03. The second-order valence-corrected chi connectivity index (χ2v) is 4.15. The van der Waals surface area contributed by atoms with Crippen LogP contribution < -0.4 is 4.74 Å². The quantitative estimate of drug-likeness (QED) is 0.758. The van der Waals surface area contributed by atoms with Crippen LogP contribution in [-0.2, 0) is 0 Å². The van der Waals surface area contributed by atoms with Gasteiger partial charge in [0.2, 0.25) is 0 Å². The molecule has 0 spiro atoms. The van der Waals surface area contributed by atoms with Crippen LogP contribution in [0.2, 0.25) is 0 Å². The Kier molecular flexibility index (Phi) is 3.78. The highest BCUT2D eigenvalue weighted by Gasteiger charge is 2.04. The average Bonchev–Trinajstić information content (AvgIpc) is 2.39. The predicted octanol–water partition coefficient (Wildman–Crippen LogP) is 3.87. The van der Waals surface area contributed by atoms with Crippen molar-refractivity contribution in [1.29, 1.82) is 0 Å². The maximum atomic E-state index is 10.8. The highest BCUT2D eigenvalue weighted by atomic mass is 16.5. The zero-order valence-electron chi connectivity index (χ0n) is 10.6. The highest BCUT2D eigenvalue weighted by molar-refractivity contribution is 5.79. The van der Waals surface area contributed by atoms with Gasteiger partial charge in [-0.3, -0.25) is 4.79 Å². The first-order valence-electron chi connectivity index (χ1n) is 6.03. The number of rotatable bonds is 4. The van der Waals surface area contributed by atoms with Crippen molar-refractivity contribution in [3.63, 3.8) is 0 Å². The van der Waals surface area contributed by atoms with Crippen LogP contribution in [0.25, 0.3) is 11.1 Å². The van der Waals surface area contributed by atoms with E-state index in [0.717, 1.165) is 28.7 Å². The van der Waals surface area contributed by atoms with E-state index in [1.807, 2.05) is 50.2 Å². The van der Waals surface area contributed by atoms with Gasteiger partial charge < -0.3 is 4.74 Å². The lowest BCUT2D eigenvalue weighted by Gasteiger charge is -2.09. The molecular weight excluding hydrogens is 224 g/mol. The Morgan fingerprint density at radius 3 is 2.67 bits per heavy atom. The van der Waals surface area contributed by atoms with Gasteiger partial charge in [0.25, 0.3) is 0 Å². The number of aldehydes is 1. The molecule has 0 saturated carbocycles. The van der Waals surface area contributed by atoms with E-state index in [0.29, 0.717) is 12.2 Å². The number of carbonyl (C=O) groups excluding carboxylic acids is 1. The van der Waals surface area contributed by atoms with E-state index in [1.165, 1.54) is 0 Å². The van der Waals surface area contributed by atoms with Crippen molar-refractivity contribution in [3.05, 3.63) is 53.6 Å². The number of benzene rings is 2. The fourth-order valence-corrected chi connectivity index (χ4v) is 2.00. The molecule has 92 valence electrons. The summed E-state index contributed by atoms with van der Waals surface area (Å²) >= 11 is 0. The van der Waals surface area contributed by atoms with Crippen LogP contribution in [0.5, 0.6) is 5.75 Å². The van der Waals surface area contributed by atoms with E-state index >= 15 is 0 Å².